The third-order valence-electron chi connectivity index (χ3n) is 3.20. The van der Waals surface area contributed by atoms with Gasteiger partial charge < -0.3 is 10.6 Å². The number of nitrogens with one attached hydrogen (secondary N) is 2. The summed E-state index contributed by atoms with van der Waals surface area (Å²) < 4.78 is 0. The van der Waals surface area contributed by atoms with Crippen LogP contribution in [0.4, 0.5) is 5.69 Å². The molecule has 0 fully saturated rings. The van der Waals surface area contributed by atoms with Gasteiger partial charge in [0.15, 0.2) is 0 Å². The molecule has 20 heavy (non-hydrogen) atoms. The summed E-state index contributed by atoms with van der Waals surface area (Å²) in [5.74, 6) is -0.196. The minimum Gasteiger partial charge on any atom is -0.353 e. The van der Waals surface area contributed by atoms with Gasteiger partial charge in [0.05, 0.1) is 0 Å². The molecule has 1 aromatic rings. The minimum absolute atomic E-state index is 0.0956. The Kier molecular flexibility index (Phi) is 6.22. The standard InChI is InChI=1S/C16H24N2O2/c1-5-12(4)17-15(19)10-16(20)18-14-9-7-6-8-13(14)11(2)3/h6-9,11-12H,5,10H2,1-4H3,(H,17,19)(H,18,20). The number of hydrogen-bond donors (Lipinski definition) is 2. The highest BCUT2D eigenvalue weighted by Gasteiger charge is 2.13. The molecule has 1 rings (SSSR count). The van der Waals surface area contributed by atoms with E-state index in [-0.39, 0.29) is 24.3 Å². The Bertz CT molecular complexity index is 469. The second-order valence-electron chi connectivity index (χ2n) is 5.34. The Balaban J connectivity index is 2.61. The molecule has 0 saturated carbocycles. The molecule has 0 aliphatic carbocycles. The van der Waals surface area contributed by atoms with Crippen molar-refractivity contribution in [1.82, 2.24) is 5.32 Å². The van der Waals surface area contributed by atoms with Crippen molar-refractivity contribution < 1.29 is 9.59 Å². The number of carbonyl (C=O) groups excluding carboxylic acids is 2. The first-order chi connectivity index (χ1) is 9.43. The topological polar surface area (TPSA) is 58.2 Å². The Hall–Kier alpha value is -1.84. The van der Waals surface area contributed by atoms with Gasteiger partial charge in [-0.05, 0) is 30.9 Å². The van der Waals surface area contributed by atoms with Crippen molar-refractivity contribution in [2.45, 2.75) is 52.5 Å². The van der Waals surface area contributed by atoms with Gasteiger partial charge in [-0.25, -0.2) is 0 Å². The quantitative estimate of drug-likeness (QED) is 0.785. The Morgan fingerprint density at radius 3 is 2.35 bits per heavy atom. The first-order valence-corrected chi connectivity index (χ1v) is 7.12. The fourth-order valence-corrected chi connectivity index (χ4v) is 1.88. The van der Waals surface area contributed by atoms with Crippen LogP contribution >= 0.6 is 0 Å². The number of amides is 2. The van der Waals surface area contributed by atoms with Crippen LogP contribution in [0.25, 0.3) is 0 Å². The normalized spacial score (nSPS) is 12.1. The van der Waals surface area contributed by atoms with Gasteiger partial charge in [-0.15, -0.1) is 0 Å². The van der Waals surface area contributed by atoms with E-state index in [1.807, 2.05) is 38.1 Å². The van der Waals surface area contributed by atoms with Gasteiger partial charge in [0.2, 0.25) is 11.8 Å². The third-order valence-corrected chi connectivity index (χ3v) is 3.20. The molecule has 0 aromatic heterocycles. The number of carbonyl (C=O) groups is 2. The number of para-hydroxylation sites is 1. The summed E-state index contributed by atoms with van der Waals surface area (Å²) in [5.41, 5.74) is 1.85. The van der Waals surface area contributed by atoms with E-state index in [9.17, 15) is 9.59 Å². The second-order valence-corrected chi connectivity index (χ2v) is 5.34. The molecule has 0 saturated heterocycles. The van der Waals surface area contributed by atoms with E-state index in [4.69, 9.17) is 0 Å². The van der Waals surface area contributed by atoms with E-state index in [0.29, 0.717) is 5.92 Å². The van der Waals surface area contributed by atoms with Crippen LogP contribution in [-0.4, -0.2) is 17.9 Å². The van der Waals surface area contributed by atoms with E-state index in [1.165, 1.54) is 0 Å². The first kappa shape index (κ1) is 16.2. The zero-order valence-electron chi connectivity index (χ0n) is 12.7. The van der Waals surface area contributed by atoms with Crippen LogP contribution in [0.2, 0.25) is 0 Å². The second kappa shape index (κ2) is 7.68. The highest BCUT2D eigenvalue weighted by atomic mass is 16.2. The maximum absolute atomic E-state index is 11.9. The molecular weight excluding hydrogens is 252 g/mol. The van der Waals surface area contributed by atoms with E-state index < -0.39 is 0 Å². The van der Waals surface area contributed by atoms with E-state index in [2.05, 4.69) is 24.5 Å². The van der Waals surface area contributed by atoms with Crippen molar-refractivity contribution in [2.24, 2.45) is 0 Å². The van der Waals surface area contributed by atoms with E-state index >= 15 is 0 Å². The Morgan fingerprint density at radius 2 is 1.75 bits per heavy atom. The monoisotopic (exact) mass is 276 g/mol. The molecule has 0 heterocycles. The highest BCUT2D eigenvalue weighted by molar-refractivity contribution is 6.03. The molecule has 2 amide bonds. The van der Waals surface area contributed by atoms with Gasteiger partial charge >= 0.3 is 0 Å². The maximum Gasteiger partial charge on any atom is 0.233 e. The zero-order valence-corrected chi connectivity index (χ0v) is 12.7. The van der Waals surface area contributed by atoms with Crippen LogP contribution in [0.5, 0.6) is 0 Å². The summed E-state index contributed by atoms with van der Waals surface area (Å²) >= 11 is 0. The average molecular weight is 276 g/mol. The lowest BCUT2D eigenvalue weighted by atomic mass is 10.0. The lowest BCUT2D eigenvalue weighted by Gasteiger charge is -2.14. The molecule has 0 aliphatic heterocycles. The molecule has 0 radical (unpaired) electrons. The van der Waals surface area contributed by atoms with Crippen molar-refractivity contribution >= 4 is 17.5 Å². The SMILES string of the molecule is CCC(C)NC(=O)CC(=O)Nc1ccccc1C(C)C. The summed E-state index contributed by atoms with van der Waals surface area (Å²) in [6, 6.07) is 7.76. The van der Waals surface area contributed by atoms with Gasteiger partial charge in [0.25, 0.3) is 0 Å². The average Bonchev–Trinajstić information content (AvgIpc) is 2.38. The zero-order chi connectivity index (χ0) is 15.1. The Labute approximate surface area is 121 Å². The van der Waals surface area contributed by atoms with Crippen molar-refractivity contribution in [3.8, 4) is 0 Å². The fourth-order valence-electron chi connectivity index (χ4n) is 1.88. The molecule has 110 valence electrons. The largest absolute Gasteiger partial charge is 0.353 e. The van der Waals surface area contributed by atoms with Gasteiger partial charge in [-0.3, -0.25) is 9.59 Å². The summed E-state index contributed by atoms with van der Waals surface area (Å²) in [6.07, 6.45) is 0.709. The highest BCUT2D eigenvalue weighted by Crippen LogP contribution is 2.23. The molecule has 1 atom stereocenters. The lowest BCUT2D eigenvalue weighted by molar-refractivity contribution is -0.127. The van der Waals surface area contributed by atoms with Gasteiger partial charge in [0, 0.05) is 11.7 Å². The van der Waals surface area contributed by atoms with E-state index in [1.54, 1.807) is 0 Å². The molecule has 4 nitrogen and oxygen atoms in total. The predicted molar refractivity (Wildman–Crippen MR) is 81.7 cm³/mol. The summed E-state index contributed by atoms with van der Waals surface area (Å²) in [5, 5.41) is 5.60. The smallest absolute Gasteiger partial charge is 0.233 e. The summed E-state index contributed by atoms with van der Waals surface area (Å²) in [7, 11) is 0. The van der Waals surface area contributed by atoms with Crippen molar-refractivity contribution in [1.29, 1.82) is 0 Å². The molecule has 1 aromatic carbocycles. The maximum atomic E-state index is 11.9. The lowest BCUT2D eigenvalue weighted by Crippen LogP contribution is -2.34. The predicted octanol–water partition coefficient (Wildman–Crippen LogP) is 3.05. The van der Waals surface area contributed by atoms with Crippen LogP contribution in [0.1, 0.15) is 52.0 Å². The van der Waals surface area contributed by atoms with Crippen LogP contribution < -0.4 is 10.6 Å². The van der Waals surface area contributed by atoms with Crippen molar-refractivity contribution in [3.63, 3.8) is 0 Å². The van der Waals surface area contributed by atoms with Gasteiger partial charge in [-0.2, -0.15) is 0 Å². The van der Waals surface area contributed by atoms with Gasteiger partial charge in [0.1, 0.15) is 6.42 Å². The van der Waals surface area contributed by atoms with Crippen molar-refractivity contribution in [3.05, 3.63) is 29.8 Å². The Morgan fingerprint density at radius 1 is 1.10 bits per heavy atom. The molecule has 4 heteroatoms. The van der Waals surface area contributed by atoms with Crippen LogP contribution in [0, 0.1) is 0 Å². The molecule has 0 aliphatic rings. The number of hydrogen-bond acceptors (Lipinski definition) is 2. The van der Waals surface area contributed by atoms with Crippen LogP contribution in [-0.2, 0) is 9.59 Å². The number of benzene rings is 1. The molecule has 0 spiro atoms. The number of anilines is 1. The fraction of sp³-hybridized carbons (Fsp3) is 0.500. The first-order valence-electron chi connectivity index (χ1n) is 7.12. The van der Waals surface area contributed by atoms with Crippen LogP contribution in [0.3, 0.4) is 0 Å². The molecule has 1 unspecified atom stereocenters. The summed E-state index contributed by atoms with van der Waals surface area (Å²) in [6.45, 7) is 8.05. The van der Waals surface area contributed by atoms with E-state index in [0.717, 1.165) is 17.7 Å². The molecule has 0 bridgehead atoms. The molecular formula is C16H24N2O2. The third kappa shape index (κ3) is 5.03. The molecule has 2 N–H and O–H groups in total. The van der Waals surface area contributed by atoms with Crippen molar-refractivity contribution in [2.75, 3.05) is 5.32 Å². The minimum atomic E-state index is -0.279. The number of rotatable bonds is 6. The van der Waals surface area contributed by atoms with Gasteiger partial charge in [-0.1, -0.05) is 39.0 Å². The van der Waals surface area contributed by atoms with Crippen LogP contribution in [0.15, 0.2) is 24.3 Å². The summed E-state index contributed by atoms with van der Waals surface area (Å²) in [4.78, 5) is 23.6.